The molecule has 0 spiro atoms. The molecule has 0 atom stereocenters. The second kappa shape index (κ2) is 4.81. The van der Waals surface area contributed by atoms with E-state index in [0.717, 1.165) is 11.5 Å². The minimum Gasteiger partial charge on any atom is -0.487 e. The first kappa shape index (κ1) is 13.2. The van der Waals surface area contributed by atoms with Crippen molar-refractivity contribution in [2.75, 3.05) is 6.61 Å². The van der Waals surface area contributed by atoms with E-state index >= 15 is 0 Å². The van der Waals surface area contributed by atoms with Gasteiger partial charge < -0.3 is 9.84 Å². The van der Waals surface area contributed by atoms with Crippen LogP contribution in [0.15, 0.2) is 40.4 Å². The third-order valence-electron chi connectivity index (χ3n) is 2.17. The average Bonchev–Trinajstić information content (AvgIpc) is 2.62. The zero-order chi connectivity index (χ0) is 14.0. The normalized spacial score (nSPS) is 16.7. The first-order chi connectivity index (χ1) is 8.88. The highest BCUT2D eigenvalue weighted by Gasteiger charge is 2.31. The molecule has 0 aromatic heterocycles. The predicted octanol–water partition coefficient (Wildman–Crippen LogP) is 0.957. The monoisotopic (exact) mass is 285 g/mol. The summed E-state index contributed by atoms with van der Waals surface area (Å²) in [5, 5.41) is 8.43. The highest BCUT2D eigenvalue weighted by molar-refractivity contribution is 8.11. The molecule has 0 aliphatic carbocycles. The summed E-state index contributed by atoms with van der Waals surface area (Å²) in [6, 6.07) is 5.25. The maximum absolute atomic E-state index is 12.9. The van der Waals surface area contributed by atoms with Gasteiger partial charge in [-0.25, -0.2) is 22.6 Å². The van der Waals surface area contributed by atoms with Crippen LogP contribution in [-0.2, 0) is 14.6 Å². The van der Waals surface area contributed by atoms with E-state index in [1.54, 1.807) is 0 Å². The number of sulfone groups is 1. The molecular formula is C11H8FNO5S. The van der Waals surface area contributed by atoms with E-state index in [0.29, 0.717) is 0 Å². The van der Waals surface area contributed by atoms with Crippen LogP contribution < -0.4 is 4.74 Å². The summed E-state index contributed by atoms with van der Waals surface area (Å²) in [5.41, 5.74) is -0.0540. The topological polar surface area (TPSA) is 93.0 Å². The molecule has 1 aromatic carbocycles. The summed E-state index contributed by atoms with van der Waals surface area (Å²) in [6.45, 7) is -0.264. The molecule has 1 aromatic rings. The van der Waals surface area contributed by atoms with Crippen LogP contribution in [0.2, 0.25) is 0 Å². The smallest absolute Gasteiger partial charge is 0.366 e. The molecule has 0 unspecified atom stereocenters. The number of rotatable bonds is 4. The maximum Gasteiger partial charge on any atom is 0.366 e. The van der Waals surface area contributed by atoms with Crippen molar-refractivity contribution in [2.24, 2.45) is 4.99 Å². The Labute approximate surface area is 107 Å². The lowest BCUT2D eigenvalue weighted by atomic mass is 10.3. The maximum atomic E-state index is 12.9. The van der Waals surface area contributed by atoms with Crippen molar-refractivity contribution in [1.29, 1.82) is 0 Å². The highest BCUT2D eigenvalue weighted by atomic mass is 32.2. The minimum absolute atomic E-state index is 0.0540. The van der Waals surface area contributed by atoms with Crippen LogP contribution in [0.4, 0.5) is 4.39 Å². The lowest BCUT2D eigenvalue weighted by molar-refractivity contribution is -0.129. The quantitative estimate of drug-likeness (QED) is 0.889. The zero-order valence-corrected chi connectivity index (χ0v) is 10.2. The SMILES string of the molecule is O=C(O)C1=NC(COc2cccc(F)c2)=CS1(=O)=O. The third-order valence-corrected chi connectivity index (χ3v) is 3.56. The van der Waals surface area contributed by atoms with Gasteiger partial charge in [-0.15, -0.1) is 0 Å². The van der Waals surface area contributed by atoms with Crippen molar-refractivity contribution >= 4 is 20.9 Å². The first-order valence-electron chi connectivity index (χ1n) is 5.04. The van der Waals surface area contributed by atoms with Crippen LogP contribution in [0.1, 0.15) is 0 Å². The standard InChI is InChI=1S/C11H8FNO5S/c12-7-2-1-3-9(4-7)18-5-8-6-19(16,17)10(13-8)11(14)15/h1-4,6H,5H2,(H,14,15). The number of ether oxygens (including phenoxy) is 1. The number of benzene rings is 1. The van der Waals surface area contributed by atoms with Crippen molar-refractivity contribution in [2.45, 2.75) is 0 Å². The average molecular weight is 285 g/mol. The Morgan fingerprint density at radius 2 is 2.16 bits per heavy atom. The molecular weight excluding hydrogens is 277 g/mol. The molecule has 19 heavy (non-hydrogen) atoms. The van der Waals surface area contributed by atoms with E-state index in [9.17, 15) is 17.6 Å². The lowest BCUT2D eigenvalue weighted by Gasteiger charge is -2.04. The summed E-state index contributed by atoms with van der Waals surface area (Å²) in [7, 11) is -4.01. The molecule has 0 bridgehead atoms. The van der Waals surface area contributed by atoms with Gasteiger partial charge in [-0.1, -0.05) is 6.07 Å². The Morgan fingerprint density at radius 3 is 2.74 bits per heavy atom. The fraction of sp³-hybridized carbons (Fsp3) is 0.0909. The molecule has 0 amide bonds. The van der Waals surface area contributed by atoms with E-state index in [1.807, 2.05) is 0 Å². The van der Waals surface area contributed by atoms with Gasteiger partial charge in [-0.2, -0.15) is 0 Å². The van der Waals surface area contributed by atoms with Gasteiger partial charge in [0.1, 0.15) is 18.2 Å². The molecule has 1 heterocycles. The van der Waals surface area contributed by atoms with Gasteiger partial charge in [0, 0.05) is 6.07 Å². The molecule has 2 rings (SSSR count). The van der Waals surface area contributed by atoms with Crippen molar-refractivity contribution < 1.29 is 27.4 Å². The molecule has 100 valence electrons. The van der Waals surface area contributed by atoms with Gasteiger partial charge in [0.2, 0.25) is 14.9 Å². The number of carboxylic acids is 1. The third kappa shape index (κ3) is 2.97. The summed E-state index contributed by atoms with van der Waals surface area (Å²) in [5.74, 6) is -1.94. The van der Waals surface area contributed by atoms with E-state index in [4.69, 9.17) is 9.84 Å². The summed E-state index contributed by atoms with van der Waals surface area (Å²) < 4.78 is 40.7. The van der Waals surface area contributed by atoms with Crippen molar-refractivity contribution in [3.8, 4) is 5.75 Å². The Balaban J connectivity index is 2.12. The number of halogens is 1. The molecule has 0 saturated heterocycles. The Hall–Kier alpha value is -2.22. The van der Waals surface area contributed by atoms with Crippen molar-refractivity contribution in [3.05, 3.63) is 41.2 Å². The van der Waals surface area contributed by atoms with Crippen LogP contribution in [0.25, 0.3) is 0 Å². The van der Waals surface area contributed by atoms with Crippen LogP contribution in [0.3, 0.4) is 0 Å². The molecule has 0 saturated carbocycles. The summed E-state index contributed by atoms with van der Waals surface area (Å²) >= 11 is 0. The van der Waals surface area contributed by atoms with E-state index < -0.39 is 26.7 Å². The Kier molecular flexibility index (Phi) is 3.34. The largest absolute Gasteiger partial charge is 0.487 e. The highest BCUT2D eigenvalue weighted by Crippen LogP contribution is 2.18. The molecule has 6 nitrogen and oxygen atoms in total. The molecule has 1 aliphatic rings. The summed E-state index contributed by atoms with van der Waals surface area (Å²) in [4.78, 5) is 14.1. The minimum atomic E-state index is -4.01. The number of aliphatic carboxylic acids is 1. The molecule has 8 heteroatoms. The van der Waals surface area contributed by atoms with Crippen molar-refractivity contribution in [3.63, 3.8) is 0 Å². The van der Waals surface area contributed by atoms with Gasteiger partial charge in [-0.05, 0) is 12.1 Å². The number of carbonyl (C=O) groups is 1. The fourth-order valence-corrected chi connectivity index (χ4v) is 2.48. The first-order valence-corrected chi connectivity index (χ1v) is 6.59. The van der Waals surface area contributed by atoms with Gasteiger partial charge in [0.05, 0.1) is 11.1 Å². The van der Waals surface area contributed by atoms with Gasteiger partial charge in [0.15, 0.2) is 0 Å². The molecule has 1 aliphatic heterocycles. The number of carboxylic acid groups (broad SMARTS) is 1. The van der Waals surface area contributed by atoms with Gasteiger partial charge in [-0.3, -0.25) is 0 Å². The van der Waals surface area contributed by atoms with Crippen LogP contribution in [-0.4, -0.2) is 31.1 Å². The molecule has 0 fully saturated rings. The van der Waals surface area contributed by atoms with E-state index in [-0.39, 0.29) is 18.1 Å². The number of hydrogen-bond donors (Lipinski definition) is 1. The van der Waals surface area contributed by atoms with Gasteiger partial charge in [0.25, 0.3) is 0 Å². The Bertz CT molecular complexity index is 693. The molecule has 1 N–H and O–H groups in total. The van der Waals surface area contributed by atoms with Crippen LogP contribution in [0.5, 0.6) is 5.75 Å². The Morgan fingerprint density at radius 1 is 1.42 bits per heavy atom. The fourth-order valence-electron chi connectivity index (χ4n) is 1.41. The second-order valence-electron chi connectivity index (χ2n) is 3.62. The van der Waals surface area contributed by atoms with E-state index in [1.165, 1.54) is 18.2 Å². The predicted molar refractivity (Wildman–Crippen MR) is 64.0 cm³/mol. The second-order valence-corrected chi connectivity index (χ2v) is 5.33. The van der Waals surface area contributed by atoms with E-state index in [2.05, 4.69) is 4.99 Å². The van der Waals surface area contributed by atoms with Crippen molar-refractivity contribution in [1.82, 2.24) is 0 Å². The molecule has 0 radical (unpaired) electrons. The van der Waals surface area contributed by atoms with Crippen LogP contribution in [0, 0.1) is 5.82 Å². The zero-order valence-electron chi connectivity index (χ0n) is 9.41. The lowest BCUT2D eigenvalue weighted by Crippen LogP contribution is -2.19. The number of aliphatic imine (C=N–C) groups is 1. The van der Waals surface area contributed by atoms with Gasteiger partial charge >= 0.3 is 5.97 Å². The number of hydrogen-bond acceptors (Lipinski definition) is 5. The summed E-state index contributed by atoms with van der Waals surface area (Å²) in [6.07, 6.45) is 0. The number of nitrogens with zero attached hydrogens (tertiary/aromatic N) is 1. The van der Waals surface area contributed by atoms with Crippen LogP contribution >= 0.6 is 0 Å².